The van der Waals surface area contributed by atoms with Crippen LogP contribution < -0.4 is 4.74 Å². The Morgan fingerprint density at radius 2 is 1.73 bits per heavy atom. The summed E-state index contributed by atoms with van der Waals surface area (Å²) in [6.45, 7) is 0.902. The van der Waals surface area contributed by atoms with Crippen molar-refractivity contribution in [2.24, 2.45) is 5.92 Å². The first-order chi connectivity index (χ1) is 10.1. The minimum atomic E-state index is -0.711. The van der Waals surface area contributed by atoms with Crippen LogP contribution in [0.1, 0.15) is 44.1 Å². The van der Waals surface area contributed by atoms with E-state index in [0.29, 0.717) is 5.92 Å². The zero-order valence-corrected chi connectivity index (χ0v) is 14.9. The molecule has 1 saturated carbocycles. The molecule has 0 aliphatic heterocycles. The van der Waals surface area contributed by atoms with Gasteiger partial charge in [-0.2, -0.15) is 0 Å². The minimum Gasteiger partial charge on any atom is -0.497 e. The predicted octanol–water partition coefficient (Wildman–Crippen LogP) is 3.84. The summed E-state index contributed by atoms with van der Waals surface area (Å²) in [5.74, 6) is 1.22. The van der Waals surface area contributed by atoms with E-state index >= 15 is 0 Å². The normalized spacial score (nSPS) is 18.6. The van der Waals surface area contributed by atoms with Crippen LogP contribution in [-0.4, -0.2) is 37.8 Å². The van der Waals surface area contributed by atoms with Gasteiger partial charge in [-0.25, -0.2) is 0 Å². The fraction of sp³-hybridized carbons (Fsp3) is 0.667. The van der Waals surface area contributed by atoms with Gasteiger partial charge in [-0.05, 0) is 57.0 Å². The fourth-order valence-corrected chi connectivity index (χ4v) is 3.44. The SMILES string of the molecule is COc1ccc(C(O)(CCN(C)C)C2CCCCC2)cc1.Cl. The molecule has 0 heterocycles. The lowest BCUT2D eigenvalue weighted by Gasteiger charge is -2.40. The maximum Gasteiger partial charge on any atom is 0.118 e. The van der Waals surface area contributed by atoms with Crippen LogP contribution in [0.25, 0.3) is 0 Å². The van der Waals surface area contributed by atoms with E-state index in [-0.39, 0.29) is 12.4 Å². The number of hydrogen-bond acceptors (Lipinski definition) is 3. The van der Waals surface area contributed by atoms with Crippen LogP contribution in [0.3, 0.4) is 0 Å². The highest BCUT2D eigenvalue weighted by molar-refractivity contribution is 5.85. The van der Waals surface area contributed by atoms with Gasteiger partial charge in [0.1, 0.15) is 5.75 Å². The quantitative estimate of drug-likeness (QED) is 0.861. The average Bonchev–Trinajstić information content (AvgIpc) is 2.53. The van der Waals surface area contributed by atoms with Crippen molar-refractivity contribution in [2.75, 3.05) is 27.7 Å². The molecule has 1 aliphatic rings. The van der Waals surface area contributed by atoms with Crippen LogP contribution in [0.15, 0.2) is 24.3 Å². The molecule has 4 heteroatoms. The van der Waals surface area contributed by atoms with E-state index in [0.717, 1.165) is 37.1 Å². The third kappa shape index (κ3) is 4.61. The number of ether oxygens (including phenoxy) is 1. The van der Waals surface area contributed by atoms with E-state index < -0.39 is 5.60 Å². The summed E-state index contributed by atoms with van der Waals surface area (Å²) in [6.07, 6.45) is 6.85. The Morgan fingerprint density at radius 1 is 1.14 bits per heavy atom. The largest absolute Gasteiger partial charge is 0.497 e. The van der Waals surface area contributed by atoms with E-state index in [1.54, 1.807) is 7.11 Å². The van der Waals surface area contributed by atoms with Gasteiger partial charge in [0.05, 0.1) is 12.7 Å². The zero-order valence-electron chi connectivity index (χ0n) is 14.0. The Morgan fingerprint density at radius 3 is 2.23 bits per heavy atom. The Labute approximate surface area is 141 Å². The van der Waals surface area contributed by atoms with Gasteiger partial charge in [0.2, 0.25) is 0 Å². The second kappa shape index (κ2) is 8.76. The van der Waals surface area contributed by atoms with Crippen molar-refractivity contribution in [3.8, 4) is 5.75 Å². The number of benzene rings is 1. The lowest BCUT2D eigenvalue weighted by atomic mass is 9.71. The van der Waals surface area contributed by atoms with Crippen LogP contribution in [0.5, 0.6) is 5.75 Å². The van der Waals surface area contributed by atoms with Crippen molar-refractivity contribution < 1.29 is 9.84 Å². The minimum absolute atomic E-state index is 0. The van der Waals surface area contributed by atoms with E-state index in [2.05, 4.69) is 19.0 Å². The van der Waals surface area contributed by atoms with Gasteiger partial charge in [-0.3, -0.25) is 0 Å². The van der Waals surface area contributed by atoms with E-state index in [1.807, 2.05) is 24.3 Å². The molecule has 0 saturated heterocycles. The predicted molar refractivity (Wildman–Crippen MR) is 93.9 cm³/mol. The molecule has 0 spiro atoms. The summed E-state index contributed by atoms with van der Waals surface area (Å²) in [5.41, 5.74) is 0.328. The second-order valence-electron chi connectivity index (χ2n) is 6.54. The molecule has 0 amide bonds. The standard InChI is InChI=1S/C18H29NO2.ClH/c1-19(2)14-13-18(20,15-7-5-4-6-8-15)16-9-11-17(21-3)12-10-16;/h9-12,15,20H,4-8,13-14H2,1-3H3;1H. The average molecular weight is 328 g/mol. The number of hydrogen-bond donors (Lipinski definition) is 1. The Bertz CT molecular complexity index is 429. The van der Waals surface area contributed by atoms with Crippen LogP contribution in [0, 0.1) is 5.92 Å². The molecule has 1 aromatic carbocycles. The van der Waals surface area contributed by atoms with Crippen LogP contribution in [0.2, 0.25) is 0 Å². The molecule has 1 N–H and O–H groups in total. The first-order valence-corrected chi connectivity index (χ1v) is 8.08. The van der Waals surface area contributed by atoms with Gasteiger partial charge in [0.15, 0.2) is 0 Å². The number of nitrogens with zero attached hydrogens (tertiary/aromatic N) is 1. The first kappa shape index (κ1) is 19.3. The molecular weight excluding hydrogens is 298 g/mol. The Hall–Kier alpha value is -0.770. The van der Waals surface area contributed by atoms with Crippen molar-refractivity contribution in [3.05, 3.63) is 29.8 Å². The van der Waals surface area contributed by atoms with Crippen LogP contribution in [0.4, 0.5) is 0 Å². The third-order valence-electron chi connectivity index (χ3n) is 4.81. The molecule has 0 aromatic heterocycles. The van der Waals surface area contributed by atoms with Crippen molar-refractivity contribution in [2.45, 2.75) is 44.1 Å². The van der Waals surface area contributed by atoms with Crippen molar-refractivity contribution in [3.63, 3.8) is 0 Å². The maximum atomic E-state index is 11.5. The molecule has 126 valence electrons. The van der Waals surface area contributed by atoms with Gasteiger partial charge in [0.25, 0.3) is 0 Å². The number of halogens is 1. The smallest absolute Gasteiger partial charge is 0.118 e. The topological polar surface area (TPSA) is 32.7 Å². The van der Waals surface area contributed by atoms with Crippen LogP contribution >= 0.6 is 12.4 Å². The molecule has 1 atom stereocenters. The summed E-state index contributed by atoms with van der Waals surface area (Å²) in [4.78, 5) is 2.15. The first-order valence-electron chi connectivity index (χ1n) is 8.08. The van der Waals surface area contributed by atoms with Crippen LogP contribution in [-0.2, 0) is 5.60 Å². The van der Waals surface area contributed by atoms with Crippen molar-refractivity contribution in [1.29, 1.82) is 0 Å². The van der Waals surface area contributed by atoms with Gasteiger partial charge < -0.3 is 14.7 Å². The Balaban J connectivity index is 0.00000242. The number of methoxy groups -OCH3 is 1. The summed E-state index contributed by atoms with van der Waals surface area (Å²) in [6, 6.07) is 7.98. The molecule has 1 fully saturated rings. The summed E-state index contributed by atoms with van der Waals surface area (Å²) < 4.78 is 5.24. The fourth-order valence-electron chi connectivity index (χ4n) is 3.44. The van der Waals surface area contributed by atoms with E-state index in [4.69, 9.17) is 4.74 Å². The third-order valence-corrected chi connectivity index (χ3v) is 4.81. The van der Waals surface area contributed by atoms with Gasteiger partial charge >= 0.3 is 0 Å². The molecule has 1 aromatic rings. The highest BCUT2D eigenvalue weighted by Crippen LogP contribution is 2.42. The lowest BCUT2D eigenvalue weighted by Crippen LogP contribution is -2.39. The summed E-state index contributed by atoms with van der Waals surface area (Å²) in [7, 11) is 5.80. The number of rotatable bonds is 6. The molecule has 1 aliphatic carbocycles. The maximum absolute atomic E-state index is 11.5. The zero-order chi connectivity index (χ0) is 15.3. The van der Waals surface area contributed by atoms with Gasteiger partial charge in [-0.1, -0.05) is 31.4 Å². The molecular formula is C18H30ClNO2. The molecule has 0 radical (unpaired) electrons. The van der Waals surface area contributed by atoms with Gasteiger partial charge in [0, 0.05) is 6.54 Å². The van der Waals surface area contributed by atoms with E-state index in [9.17, 15) is 5.11 Å². The monoisotopic (exact) mass is 327 g/mol. The number of aliphatic hydroxyl groups is 1. The molecule has 0 bridgehead atoms. The molecule has 3 nitrogen and oxygen atoms in total. The van der Waals surface area contributed by atoms with Gasteiger partial charge in [-0.15, -0.1) is 12.4 Å². The van der Waals surface area contributed by atoms with E-state index in [1.165, 1.54) is 19.3 Å². The lowest BCUT2D eigenvalue weighted by molar-refractivity contribution is -0.0500. The molecule has 22 heavy (non-hydrogen) atoms. The second-order valence-corrected chi connectivity index (χ2v) is 6.54. The molecule has 2 rings (SSSR count). The summed E-state index contributed by atoms with van der Waals surface area (Å²) in [5, 5.41) is 11.5. The van der Waals surface area contributed by atoms with Crippen molar-refractivity contribution >= 4 is 12.4 Å². The highest BCUT2D eigenvalue weighted by atomic mass is 35.5. The van der Waals surface area contributed by atoms with Crippen molar-refractivity contribution in [1.82, 2.24) is 4.90 Å². The molecule has 1 unspecified atom stereocenters. The summed E-state index contributed by atoms with van der Waals surface area (Å²) >= 11 is 0. The highest BCUT2D eigenvalue weighted by Gasteiger charge is 2.38. The Kier molecular flexibility index (Phi) is 7.67.